The largest absolute Gasteiger partial charge is 0.508 e. The predicted molar refractivity (Wildman–Crippen MR) is 83.7 cm³/mol. The molecular weight excluding hydrogens is 290 g/mol. The number of nitrogens with zero attached hydrogens (tertiary/aromatic N) is 2. The van der Waals surface area contributed by atoms with E-state index in [-0.39, 0.29) is 17.2 Å². The lowest BCUT2D eigenvalue weighted by Crippen LogP contribution is -2.58. The summed E-state index contributed by atoms with van der Waals surface area (Å²) < 4.78 is 0. The summed E-state index contributed by atoms with van der Waals surface area (Å²) in [4.78, 5) is 16.5. The molecule has 1 aromatic rings. The zero-order valence-electron chi connectivity index (χ0n) is 12.5. The normalized spacial score (nSPS) is 17.0. The number of carbonyl (C=O) groups excluding carboxylic acids is 1. The molecule has 1 aliphatic heterocycles. The molecule has 0 spiro atoms. The Kier molecular flexibility index (Phi) is 4.76. The van der Waals surface area contributed by atoms with Crippen LogP contribution in [0.25, 0.3) is 0 Å². The van der Waals surface area contributed by atoms with Gasteiger partial charge in [-0.05, 0) is 32.0 Å². The highest BCUT2D eigenvalue weighted by molar-refractivity contribution is 6.33. The van der Waals surface area contributed by atoms with Crippen LogP contribution in [0.15, 0.2) is 18.2 Å². The summed E-state index contributed by atoms with van der Waals surface area (Å²) in [6.07, 6.45) is 0. The minimum atomic E-state index is -0.138. The molecule has 21 heavy (non-hydrogen) atoms. The molecule has 2 rings (SSSR count). The second-order valence-corrected chi connectivity index (χ2v) is 6.37. The summed E-state index contributed by atoms with van der Waals surface area (Å²) in [5.41, 5.74) is 6.08. The van der Waals surface area contributed by atoms with E-state index in [1.165, 1.54) is 18.2 Å². The van der Waals surface area contributed by atoms with Gasteiger partial charge in [0.15, 0.2) is 0 Å². The van der Waals surface area contributed by atoms with Gasteiger partial charge in [0.25, 0.3) is 5.91 Å². The van der Waals surface area contributed by atoms with Crippen molar-refractivity contribution >= 4 is 17.5 Å². The predicted octanol–water partition coefficient (Wildman–Crippen LogP) is 1.54. The van der Waals surface area contributed by atoms with E-state index in [0.717, 1.165) is 13.1 Å². The minimum Gasteiger partial charge on any atom is -0.508 e. The Morgan fingerprint density at radius 1 is 1.33 bits per heavy atom. The van der Waals surface area contributed by atoms with Gasteiger partial charge in [-0.1, -0.05) is 11.6 Å². The molecule has 1 saturated heterocycles. The molecular formula is C15H22ClN3O2. The Bertz CT molecular complexity index is 526. The molecule has 1 heterocycles. The van der Waals surface area contributed by atoms with Crippen LogP contribution in [0, 0.1) is 0 Å². The van der Waals surface area contributed by atoms with E-state index in [4.69, 9.17) is 17.3 Å². The number of amides is 1. The zero-order valence-corrected chi connectivity index (χ0v) is 13.2. The monoisotopic (exact) mass is 311 g/mol. The third-order valence-corrected chi connectivity index (χ3v) is 4.43. The number of rotatable bonds is 3. The second-order valence-electron chi connectivity index (χ2n) is 5.96. The molecule has 1 fully saturated rings. The summed E-state index contributed by atoms with van der Waals surface area (Å²) in [6, 6.07) is 4.43. The summed E-state index contributed by atoms with van der Waals surface area (Å²) in [6.45, 7) is 7.63. The van der Waals surface area contributed by atoms with Crippen LogP contribution < -0.4 is 5.73 Å². The summed E-state index contributed by atoms with van der Waals surface area (Å²) in [7, 11) is 0. The van der Waals surface area contributed by atoms with Crippen molar-refractivity contribution in [2.45, 2.75) is 19.4 Å². The van der Waals surface area contributed by atoms with Crippen LogP contribution in [-0.4, -0.2) is 59.1 Å². The van der Waals surface area contributed by atoms with Gasteiger partial charge >= 0.3 is 0 Å². The molecule has 0 unspecified atom stereocenters. The molecule has 0 radical (unpaired) electrons. The van der Waals surface area contributed by atoms with Gasteiger partial charge in [0.2, 0.25) is 0 Å². The quantitative estimate of drug-likeness (QED) is 0.888. The van der Waals surface area contributed by atoms with E-state index in [1.54, 1.807) is 4.90 Å². The van der Waals surface area contributed by atoms with Crippen molar-refractivity contribution in [3.05, 3.63) is 28.8 Å². The molecule has 0 aliphatic carbocycles. The molecule has 116 valence electrons. The number of phenolic OH excluding ortho intramolecular Hbond substituents is 1. The SMILES string of the molecule is CC(C)(CN)N1CCN(C(=O)c2cc(O)ccc2Cl)CC1. The lowest BCUT2D eigenvalue weighted by molar-refractivity contribution is 0.0426. The number of aromatic hydroxyl groups is 1. The molecule has 1 aromatic carbocycles. The van der Waals surface area contributed by atoms with Gasteiger partial charge in [0, 0.05) is 38.3 Å². The molecule has 5 nitrogen and oxygen atoms in total. The standard InChI is InChI=1S/C15H22ClN3O2/c1-15(2,10-17)19-7-5-18(6-8-19)14(21)12-9-11(20)3-4-13(12)16/h3-4,9,20H,5-8,10,17H2,1-2H3. The Hall–Kier alpha value is -1.30. The van der Waals surface area contributed by atoms with E-state index < -0.39 is 0 Å². The van der Waals surface area contributed by atoms with Gasteiger partial charge < -0.3 is 15.7 Å². The minimum absolute atomic E-state index is 0.0469. The molecule has 6 heteroatoms. The van der Waals surface area contributed by atoms with E-state index >= 15 is 0 Å². The zero-order chi connectivity index (χ0) is 15.6. The number of piperazine rings is 1. The van der Waals surface area contributed by atoms with E-state index in [2.05, 4.69) is 18.7 Å². The van der Waals surface area contributed by atoms with Crippen molar-refractivity contribution in [3.8, 4) is 5.75 Å². The van der Waals surface area contributed by atoms with Gasteiger partial charge in [0.05, 0.1) is 10.6 Å². The molecule has 0 aromatic heterocycles. The van der Waals surface area contributed by atoms with Crippen LogP contribution in [0.5, 0.6) is 5.75 Å². The number of hydrogen-bond acceptors (Lipinski definition) is 4. The lowest BCUT2D eigenvalue weighted by atomic mass is 10.0. The smallest absolute Gasteiger partial charge is 0.255 e. The summed E-state index contributed by atoms with van der Waals surface area (Å²) in [5.74, 6) is -0.0910. The Balaban J connectivity index is 2.05. The number of hydrogen-bond donors (Lipinski definition) is 2. The first-order valence-electron chi connectivity index (χ1n) is 7.08. The fraction of sp³-hybridized carbons (Fsp3) is 0.533. The van der Waals surface area contributed by atoms with E-state index in [0.29, 0.717) is 30.2 Å². The highest BCUT2D eigenvalue weighted by Gasteiger charge is 2.30. The fourth-order valence-corrected chi connectivity index (χ4v) is 2.69. The molecule has 1 aliphatic rings. The van der Waals surface area contributed by atoms with Crippen molar-refractivity contribution in [2.24, 2.45) is 5.73 Å². The first-order chi connectivity index (χ1) is 9.85. The van der Waals surface area contributed by atoms with Gasteiger partial charge in [-0.3, -0.25) is 9.69 Å². The average molecular weight is 312 g/mol. The molecule has 3 N–H and O–H groups in total. The lowest BCUT2D eigenvalue weighted by Gasteiger charge is -2.43. The van der Waals surface area contributed by atoms with E-state index in [1.807, 2.05) is 0 Å². The van der Waals surface area contributed by atoms with Crippen LogP contribution in [0.1, 0.15) is 24.2 Å². The maximum absolute atomic E-state index is 12.5. The van der Waals surface area contributed by atoms with E-state index in [9.17, 15) is 9.90 Å². The van der Waals surface area contributed by atoms with Crippen molar-refractivity contribution in [1.82, 2.24) is 9.80 Å². The van der Waals surface area contributed by atoms with Crippen molar-refractivity contribution in [3.63, 3.8) is 0 Å². The topological polar surface area (TPSA) is 69.8 Å². The second kappa shape index (κ2) is 6.22. The summed E-state index contributed by atoms with van der Waals surface area (Å²) in [5, 5.41) is 9.88. The van der Waals surface area contributed by atoms with Crippen LogP contribution in [0.2, 0.25) is 5.02 Å². The number of nitrogens with two attached hydrogens (primary N) is 1. The fourth-order valence-electron chi connectivity index (χ4n) is 2.49. The number of halogens is 1. The van der Waals surface area contributed by atoms with Gasteiger partial charge in [-0.15, -0.1) is 0 Å². The maximum Gasteiger partial charge on any atom is 0.255 e. The third kappa shape index (κ3) is 3.48. The summed E-state index contributed by atoms with van der Waals surface area (Å²) >= 11 is 6.05. The molecule has 0 bridgehead atoms. The van der Waals surface area contributed by atoms with Gasteiger partial charge in [-0.25, -0.2) is 0 Å². The molecule has 0 saturated carbocycles. The molecule has 0 atom stereocenters. The number of carbonyl (C=O) groups is 1. The van der Waals surface area contributed by atoms with Crippen LogP contribution >= 0.6 is 11.6 Å². The van der Waals surface area contributed by atoms with Crippen molar-refractivity contribution < 1.29 is 9.90 Å². The van der Waals surface area contributed by atoms with Crippen molar-refractivity contribution in [2.75, 3.05) is 32.7 Å². The van der Waals surface area contributed by atoms with Crippen LogP contribution in [0.4, 0.5) is 0 Å². The first kappa shape index (κ1) is 16.1. The van der Waals surface area contributed by atoms with Crippen molar-refractivity contribution in [1.29, 1.82) is 0 Å². The Labute approximate surface area is 130 Å². The average Bonchev–Trinajstić information content (AvgIpc) is 2.49. The first-order valence-corrected chi connectivity index (χ1v) is 7.46. The molecule has 1 amide bonds. The Morgan fingerprint density at radius 3 is 2.52 bits per heavy atom. The van der Waals surface area contributed by atoms with Crippen LogP contribution in [-0.2, 0) is 0 Å². The Morgan fingerprint density at radius 2 is 1.95 bits per heavy atom. The highest BCUT2D eigenvalue weighted by atomic mass is 35.5. The highest BCUT2D eigenvalue weighted by Crippen LogP contribution is 2.24. The maximum atomic E-state index is 12.5. The van der Waals surface area contributed by atoms with Gasteiger partial charge in [0.1, 0.15) is 5.75 Å². The number of benzene rings is 1. The number of phenols is 1. The van der Waals surface area contributed by atoms with Gasteiger partial charge in [-0.2, -0.15) is 0 Å². The third-order valence-electron chi connectivity index (χ3n) is 4.10. The van der Waals surface area contributed by atoms with Crippen LogP contribution in [0.3, 0.4) is 0 Å².